The van der Waals surface area contributed by atoms with Crippen molar-refractivity contribution >= 4 is 40.3 Å². The van der Waals surface area contributed by atoms with E-state index < -0.39 is 11.8 Å². The second-order valence-corrected chi connectivity index (χ2v) is 5.35. The lowest BCUT2D eigenvalue weighted by Crippen LogP contribution is -2.32. The highest BCUT2D eigenvalue weighted by Crippen LogP contribution is 2.28. The number of amides is 2. The van der Waals surface area contributed by atoms with Crippen LogP contribution in [0.3, 0.4) is 0 Å². The zero-order valence-corrected chi connectivity index (χ0v) is 12.2. The van der Waals surface area contributed by atoms with Crippen molar-refractivity contribution in [2.45, 2.75) is 18.8 Å². The van der Waals surface area contributed by atoms with Crippen molar-refractivity contribution in [2.24, 2.45) is 5.73 Å². The monoisotopic (exact) mass is 318 g/mol. The number of carbonyl (C=O) groups is 1. The molecule has 0 bridgehead atoms. The van der Waals surface area contributed by atoms with Crippen LogP contribution in [0.4, 0.5) is 9.18 Å². The Morgan fingerprint density at radius 2 is 2.30 bits per heavy atom. The summed E-state index contributed by atoms with van der Waals surface area (Å²) in [6.07, 6.45) is 0. The Morgan fingerprint density at radius 3 is 2.90 bits per heavy atom. The summed E-state index contributed by atoms with van der Waals surface area (Å²) in [5.41, 5.74) is 6.13. The van der Waals surface area contributed by atoms with E-state index in [1.807, 2.05) is 0 Å². The fraction of sp³-hybridized carbons (Fsp3) is 0.333. The van der Waals surface area contributed by atoms with Crippen LogP contribution in [0.2, 0.25) is 5.02 Å². The average molecular weight is 319 g/mol. The van der Waals surface area contributed by atoms with Crippen molar-refractivity contribution in [3.05, 3.63) is 28.8 Å². The topological polar surface area (TPSA) is 72.9 Å². The molecule has 1 atom stereocenters. The number of urea groups is 1. The van der Waals surface area contributed by atoms with Gasteiger partial charge in [-0.2, -0.15) is 0 Å². The maximum Gasteiger partial charge on any atom is 0.312 e. The van der Waals surface area contributed by atoms with E-state index >= 15 is 0 Å². The standard InChI is InChI=1S/C12H13Cl2FN4O/c1-6(13)11-18-9-4-7(14)8(15)5-10(9)19(11)3-2-17-12(16)20/h4-6H,2-3H2,1H3,(H3,16,17,20). The Bertz CT molecular complexity index is 656. The van der Waals surface area contributed by atoms with Crippen molar-refractivity contribution in [3.63, 3.8) is 0 Å². The molecule has 2 amide bonds. The van der Waals surface area contributed by atoms with Gasteiger partial charge in [0.05, 0.1) is 21.4 Å². The van der Waals surface area contributed by atoms with Gasteiger partial charge in [-0.25, -0.2) is 14.2 Å². The Labute approximate surface area is 124 Å². The minimum atomic E-state index is -0.621. The normalized spacial score (nSPS) is 12.6. The van der Waals surface area contributed by atoms with Crippen molar-refractivity contribution in [3.8, 4) is 0 Å². The lowest BCUT2D eigenvalue weighted by Gasteiger charge is -2.10. The Kier molecular flexibility index (Phi) is 4.35. The Morgan fingerprint density at radius 1 is 1.60 bits per heavy atom. The number of fused-ring (bicyclic) bond motifs is 1. The number of nitrogens with one attached hydrogen (secondary N) is 1. The lowest BCUT2D eigenvalue weighted by atomic mass is 10.3. The molecule has 108 valence electrons. The molecule has 0 spiro atoms. The molecular formula is C12H13Cl2FN4O. The summed E-state index contributed by atoms with van der Waals surface area (Å²) in [6.45, 7) is 2.44. The summed E-state index contributed by atoms with van der Waals surface area (Å²) in [6, 6.07) is 2.13. The van der Waals surface area contributed by atoms with E-state index in [9.17, 15) is 9.18 Å². The number of alkyl halides is 1. The van der Waals surface area contributed by atoms with Crippen molar-refractivity contribution in [1.82, 2.24) is 14.9 Å². The van der Waals surface area contributed by atoms with Crippen LogP contribution in [0.1, 0.15) is 18.1 Å². The molecule has 1 heterocycles. The number of rotatable bonds is 4. The molecule has 5 nitrogen and oxygen atoms in total. The van der Waals surface area contributed by atoms with Gasteiger partial charge in [0.15, 0.2) is 0 Å². The highest BCUT2D eigenvalue weighted by atomic mass is 35.5. The number of benzene rings is 1. The van der Waals surface area contributed by atoms with E-state index in [1.54, 1.807) is 11.5 Å². The fourth-order valence-electron chi connectivity index (χ4n) is 1.97. The van der Waals surface area contributed by atoms with Crippen LogP contribution in [0.15, 0.2) is 12.1 Å². The maximum atomic E-state index is 13.6. The van der Waals surface area contributed by atoms with Crippen molar-refractivity contribution in [2.75, 3.05) is 6.54 Å². The van der Waals surface area contributed by atoms with E-state index in [2.05, 4.69) is 10.3 Å². The first-order valence-electron chi connectivity index (χ1n) is 5.92. The summed E-state index contributed by atoms with van der Waals surface area (Å²) < 4.78 is 15.3. The summed E-state index contributed by atoms with van der Waals surface area (Å²) in [5, 5.41) is 2.11. The predicted molar refractivity (Wildman–Crippen MR) is 76.6 cm³/mol. The number of nitrogens with two attached hydrogens (primary N) is 1. The first-order valence-corrected chi connectivity index (χ1v) is 6.74. The average Bonchev–Trinajstić information content (AvgIpc) is 2.68. The molecular weight excluding hydrogens is 306 g/mol. The molecule has 2 aromatic rings. The number of halogens is 3. The van der Waals surface area contributed by atoms with Crippen LogP contribution < -0.4 is 11.1 Å². The summed E-state index contributed by atoms with van der Waals surface area (Å²) in [7, 11) is 0. The van der Waals surface area contributed by atoms with Crippen LogP contribution in [0.25, 0.3) is 11.0 Å². The Hall–Kier alpha value is -1.53. The molecule has 20 heavy (non-hydrogen) atoms. The first-order chi connectivity index (χ1) is 9.40. The molecule has 0 aliphatic heterocycles. The molecule has 2 rings (SSSR count). The predicted octanol–water partition coefficient (Wildman–Crippen LogP) is 2.80. The molecule has 1 aromatic carbocycles. The molecule has 0 fully saturated rings. The second-order valence-electron chi connectivity index (χ2n) is 4.28. The third-order valence-corrected chi connectivity index (χ3v) is 3.30. The molecule has 0 aliphatic carbocycles. The molecule has 0 saturated carbocycles. The smallest absolute Gasteiger partial charge is 0.312 e. The van der Waals surface area contributed by atoms with Crippen molar-refractivity contribution in [1.29, 1.82) is 0 Å². The zero-order chi connectivity index (χ0) is 14.9. The molecule has 3 N–H and O–H groups in total. The summed E-state index contributed by atoms with van der Waals surface area (Å²) >= 11 is 11.8. The van der Waals surface area contributed by atoms with Gasteiger partial charge in [-0.05, 0) is 13.0 Å². The van der Waals surface area contributed by atoms with E-state index in [-0.39, 0.29) is 10.4 Å². The molecule has 0 saturated heterocycles. The van der Waals surface area contributed by atoms with Crippen LogP contribution in [0.5, 0.6) is 0 Å². The van der Waals surface area contributed by atoms with E-state index in [1.165, 1.54) is 12.1 Å². The minimum Gasteiger partial charge on any atom is -0.352 e. The number of hydrogen-bond donors (Lipinski definition) is 2. The second kappa shape index (κ2) is 5.85. The summed E-state index contributed by atoms with van der Waals surface area (Å²) in [4.78, 5) is 15.0. The van der Waals surface area contributed by atoms with Crippen LogP contribution in [-0.2, 0) is 6.54 Å². The van der Waals surface area contributed by atoms with Crippen molar-refractivity contribution < 1.29 is 9.18 Å². The van der Waals surface area contributed by atoms with Gasteiger partial charge in [0.1, 0.15) is 11.6 Å². The quantitative estimate of drug-likeness (QED) is 0.851. The van der Waals surface area contributed by atoms with Gasteiger partial charge >= 0.3 is 6.03 Å². The highest BCUT2D eigenvalue weighted by molar-refractivity contribution is 6.31. The largest absolute Gasteiger partial charge is 0.352 e. The van der Waals surface area contributed by atoms with E-state index in [4.69, 9.17) is 28.9 Å². The van der Waals surface area contributed by atoms with Gasteiger partial charge in [0.25, 0.3) is 0 Å². The SMILES string of the molecule is CC(Cl)c1nc2cc(Cl)c(F)cc2n1CCNC(N)=O. The van der Waals surface area contributed by atoms with Crippen LogP contribution in [0, 0.1) is 5.82 Å². The van der Waals surface area contributed by atoms with E-state index in [0.29, 0.717) is 29.9 Å². The molecule has 1 aromatic heterocycles. The first kappa shape index (κ1) is 14.9. The van der Waals surface area contributed by atoms with Gasteiger partial charge in [-0.1, -0.05) is 11.6 Å². The number of nitrogens with zero attached hydrogens (tertiary/aromatic N) is 2. The highest BCUT2D eigenvalue weighted by Gasteiger charge is 2.16. The molecule has 8 heteroatoms. The Balaban J connectivity index is 2.45. The fourth-order valence-corrected chi connectivity index (χ4v) is 2.29. The maximum absolute atomic E-state index is 13.6. The number of aromatic nitrogens is 2. The van der Waals surface area contributed by atoms with Gasteiger partial charge < -0.3 is 15.6 Å². The number of carbonyl (C=O) groups excluding carboxylic acids is 1. The van der Waals surface area contributed by atoms with Gasteiger partial charge in [0, 0.05) is 19.2 Å². The lowest BCUT2D eigenvalue weighted by molar-refractivity contribution is 0.248. The molecule has 0 aliphatic rings. The number of primary amides is 1. The van der Waals surface area contributed by atoms with E-state index in [0.717, 1.165) is 0 Å². The summed E-state index contributed by atoms with van der Waals surface area (Å²) in [5.74, 6) is 0.0477. The van der Waals surface area contributed by atoms with Crippen LogP contribution >= 0.6 is 23.2 Å². The third kappa shape index (κ3) is 2.96. The molecule has 0 radical (unpaired) electrons. The van der Waals surface area contributed by atoms with Gasteiger partial charge in [0.2, 0.25) is 0 Å². The van der Waals surface area contributed by atoms with Crippen LogP contribution in [-0.4, -0.2) is 22.1 Å². The zero-order valence-electron chi connectivity index (χ0n) is 10.7. The van der Waals surface area contributed by atoms with Gasteiger partial charge in [-0.3, -0.25) is 0 Å². The number of imidazole rings is 1. The molecule has 1 unspecified atom stereocenters. The third-order valence-electron chi connectivity index (χ3n) is 2.81. The number of hydrogen-bond acceptors (Lipinski definition) is 2. The minimum absolute atomic E-state index is 0.00573. The van der Waals surface area contributed by atoms with Gasteiger partial charge in [-0.15, -0.1) is 11.6 Å².